The van der Waals surface area contributed by atoms with Gasteiger partial charge in [-0.2, -0.15) is 0 Å². The van der Waals surface area contributed by atoms with Crippen molar-refractivity contribution in [2.75, 3.05) is 20.1 Å². The van der Waals surface area contributed by atoms with Crippen molar-refractivity contribution in [3.63, 3.8) is 0 Å². The summed E-state index contributed by atoms with van der Waals surface area (Å²) in [6.07, 6.45) is 4.25. The van der Waals surface area contributed by atoms with Gasteiger partial charge in [-0.15, -0.1) is 0 Å². The van der Waals surface area contributed by atoms with Crippen LogP contribution in [0, 0.1) is 17.8 Å². The van der Waals surface area contributed by atoms with Gasteiger partial charge in [0.15, 0.2) is 0 Å². The van der Waals surface area contributed by atoms with Crippen molar-refractivity contribution in [3.8, 4) is 11.8 Å². The molecular weight excluding hydrogens is 220 g/mol. The lowest BCUT2D eigenvalue weighted by atomic mass is 9.85. The van der Waals surface area contributed by atoms with Crippen molar-refractivity contribution in [1.82, 2.24) is 4.90 Å². The predicted octanol–water partition coefficient (Wildman–Crippen LogP) is 2.23. The maximum absolute atomic E-state index is 5.36. The Bertz CT molecular complexity index is 421. The first-order chi connectivity index (χ1) is 8.78. The van der Waals surface area contributed by atoms with Gasteiger partial charge in [0.05, 0.1) is 6.54 Å². The lowest BCUT2D eigenvalue weighted by molar-refractivity contribution is 0.200. The first-order valence-electron chi connectivity index (χ1n) is 6.74. The van der Waals surface area contributed by atoms with Crippen LogP contribution in [-0.2, 0) is 6.54 Å². The fraction of sp³-hybridized carbons (Fsp3) is 0.500. The van der Waals surface area contributed by atoms with Crippen LogP contribution in [0.1, 0.15) is 30.4 Å². The van der Waals surface area contributed by atoms with Crippen LogP contribution in [0.3, 0.4) is 0 Å². The van der Waals surface area contributed by atoms with Gasteiger partial charge >= 0.3 is 0 Å². The Morgan fingerprint density at radius 1 is 1.28 bits per heavy atom. The Kier molecular flexibility index (Phi) is 4.81. The molecule has 0 amide bonds. The molecule has 0 saturated heterocycles. The molecule has 1 fully saturated rings. The second-order valence-corrected chi connectivity index (χ2v) is 5.20. The smallest absolute Gasteiger partial charge is 0.0555 e. The normalized spacial score (nSPS) is 15.1. The minimum absolute atomic E-state index is 0.422. The van der Waals surface area contributed by atoms with Gasteiger partial charge in [-0.05, 0) is 43.5 Å². The molecule has 2 N–H and O–H groups in total. The van der Waals surface area contributed by atoms with Crippen molar-refractivity contribution in [2.45, 2.75) is 25.8 Å². The summed E-state index contributed by atoms with van der Waals surface area (Å²) in [6, 6.07) is 8.49. The van der Waals surface area contributed by atoms with Crippen molar-refractivity contribution in [2.24, 2.45) is 11.7 Å². The van der Waals surface area contributed by atoms with E-state index in [1.807, 2.05) is 0 Å². The van der Waals surface area contributed by atoms with E-state index in [0.717, 1.165) is 18.0 Å². The quantitative estimate of drug-likeness (QED) is 0.820. The highest BCUT2D eigenvalue weighted by Gasteiger charge is 2.18. The summed E-state index contributed by atoms with van der Waals surface area (Å²) in [7, 11) is 2.21. The van der Waals surface area contributed by atoms with Gasteiger partial charge in [0, 0.05) is 18.7 Å². The molecular formula is C16H22N2. The average Bonchev–Trinajstić information content (AvgIpc) is 2.33. The molecule has 0 heterocycles. The summed E-state index contributed by atoms with van der Waals surface area (Å²) in [5, 5.41) is 0. The van der Waals surface area contributed by atoms with Crippen molar-refractivity contribution < 1.29 is 0 Å². The number of nitrogens with zero attached hydrogens (tertiary/aromatic N) is 1. The molecule has 2 heteroatoms. The predicted molar refractivity (Wildman–Crippen MR) is 76.0 cm³/mol. The van der Waals surface area contributed by atoms with Gasteiger partial charge in [-0.25, -0.2) is 0 Å². The molecule has 1 aliphatic rings. The molecule has 0 bridgehead atoms. The third kappa shape index (κ3) is 3.87. The second kappa shape index (κ2) is 6.58. The Morgan fingerprint density at radius 3 is 2.56 bits per heavy atom. The molecule has 0 atom stereocenters. The number of rotatable bonds is 4. The molecule has 2 nitrogen and oxygen atoms in total. The van der Waals surface area contributed by atoms with Crippen LogP contribution in [0.4, 0.5) is 0 Å². The lowest BCUT2D eigenvalue weighted by Gasteiger charge is -2.30. The third-order valence-corrected chi connectivity index (χ3v) is 3.54. The Morgan fingerprint density at radius 2 is 2.00 bits per heavy atom. The molecule has 0 spiro atoms. The van der Waals surface area contributed by atoms with E-state index in [1.54, 1.807) is 0 Å². The van der Waals surface area contributed by atoms with Gasteiger partial charge in [-0.1, -0.05) is 30.4 Å². The molecule has 0 unspecified atom stereocenters. The van der Waals surface area contributed by atoms with Gasteiger partial charge in [-0.3, -0.25) is 0 Å². The van der Waals surface area contributed by atoms with E-state index in [0.29, 0.717) is 6.54 Å². The first kappa shape index (κ1) is 13.1. The summed E-state index contributed by atoms with van der Waals surface area (Å²) in [6.45, 7) is 2.68. The molecule has 1 aliphatic carbocycles. The third-order valence-electron chi connectivity index (χ3n) is 3.54. The summed E-state index contributed by atoms with van der Waals surface area (Å²) >= 11 is 0. The summed E-state index contributed by atoms with van der Waals surface area (Å²) in [5.41, 5.74) is 7.76. The molecule has 0 radical (unpaired) electrons. The topological polar surface area (TPSA) is 29.3 Å². The van der Waals surface area contributed by atoms with E-state index in [-0.39, 0.29) is 0 Å². The number of hydrogen-bond donors (Lipinski definition) is 1. The van der Waals surface area contributed by atoms with Crippen LogP contribution >= 0.6 is 0 Å². The average molecular weight is 242 g/mol. The van der Waals surface area contributed by atoms with E-state index in [1.165, 1.54) is 31.4 Å². The molecule has 0 aliphatic heterocycles. The maximum Gasteiger partial charge on any atom is 0.0555 e. The highest BCUT2D eigenvalue weighted by Crippen LogP contribution is 2.27. The zero-order chi connectivity index (χ0) is 12.8. The Labute approximate surface area is 110 Å². The molecule has 0 aromatic heterocycles. The summed E-state index contributed by atoms with van der Waals surface area (Å²) < 4.78 is 0. The van der Waals surface area contributed by atoms with Gasteiger partial charge in [0.2, 0.25) is 0 Å². The summed E-state index contributed by atoms with van der Waals surface area (Å²) in [4.78, 5) is 2.42. The monoisotopic (exact) mass is 242 g/mol. The van der Waals surface area contributed by atoms with E-state index < -0.39 is 0 Å². The fourth-order valence-corrected chi connectivity index (χ4v) is 2.34. The molecule has 2 rings (SSSR count). The fourth-order valence-electron chi connectivity index (χ4n) is 2.34. The van der Waals surface area contributed by atoms with E-state index in [2.05, 4.69) is 48.1 Å². The highest BCUT2D eigenvalue weighted by molar-refractivity contribution is 5.36. The molecule has 96 valence electrons. The van der Waals surface area contributed by atoms with Crippen LogP contribution in [0.5, 0.6) is 0 Å². The largest absolute Gasteiger partial charge is 0.320 e. The van der Waals surface area contributed by atoms with Gasteiger partial charge in [0.1, 0.15) is 0 Å². The number of benzene rings is 1. The SMILES string of the molecule is CN(Cc1ccc(C#CCN)cc1)CC1CCC1. The van der Waals surface area contributed by atoms with Gasteiger partial charge < -0.3 is 10.6 Å². The standard InChI is InChI=1S/C16H22N2/c1-18(12-15-4-2-5-15)13-16-9-7-14(8-10-16)6-3-11-17/h7-10,15H,2,4-5,11-13,17H2,1H3. The van der Waals surface area contributed by atoms with Crippen LogP contribution in [0.2, 0.25) is 0 Å². The minimum Gasteiger partial charge on any atom is -0.320 e. The first-order valence-corrected chi connectivity index (χ1v) is 6.74. The lowest BCUT2D eigenvalue weighted by Crippen LogP contribution is -2.29. The molecule has 1 aromatic rings. The zero-order valence-electron chi connectivity index (χ0n) is 11.2. The summed E-state index contributed by atoms with van der Waals surface area (Å²) in [5.74, 6) is 6.86. The molecule has 18 heavy (non-hydrogen) atoms. The number of nitrogens with two attached hydrogens (primary N) is 1. The molecule has 1 aromatic carbocycles. The van der Waals surface area contributed by atoms with Gasteiger partial charge in [0.25, 0.3) is 0 Å². The van der Waals surface area contributed by atoms with Crippen LogP contribution in [0.15, 0.2) is 24.3 Å². The van der Waals surface area contributed by atoms with E-state index in [9.17, 15) is 0 Å². The van der Waals surface area contributed by atoms with E-state index >= 15 is 0 Å². The van der Waals surface area contributed by atoms with Crippen molar-refractivity contribution >= 4 is 0 Å². The van der Waals surface area contributed by atoms with Crippen LogP contribution in [-0.4, -0.2) is 25.0 Å². The maximum atomic E-state index is 5.36. The second-order valence-electron chi connectivity index (χ2n) is 5.20. The van der Waals surface area contributed by atoms with E-state index in [4.69, 9.17) is 5.73 Å². The minimum atomic E-state index is 0.422. The van der Waals surface area contributed by atoms with Crippen LogP contribution < -0.4 is 5.73 Å². The number of hydrogen-bond acceptors (Lipinski definition) is 2. The Balaban J connectivity index is 1.84. The van der Waals surface area contributed by atoms with Crippen LogP contribution in [0.25, 0.3) is 0 Å². The van der Waals surface area contributed by atoms with Crippen molar-refractivity contribution in [3.05, 3.63) is 35.4 Å². The zero-order valence-corrected chi connectivity index (χ0v) is 11.2. The highest BCUT2D eigenvalue weighted by atomic mass is 15.1. The molecule has 1 saturated carbocycles. The van der Waals surface area contributed by atoms with Crippen molar-refractivity contribution in [1.29, 1.82) is 0 Å². The Hall–Kier alpha value is -1.30.